The molecule has 2 aromatic carbocycles. The Balaban J connectivity index is 1.33. The summed E-state index contributed by atoms with van der Waals surface area (Å²) in [6, 6.07) is 8.54. The number of benzene rings is 2. The van der Waals surface area contributed by atoms with E-state index in [0.29, 0.717) is 56.3 Å². The van der Waals surface area contributed by atoms with Gasteiger partial charge in [-0.3, -0.25) is 9.59 Å². The van der Waals surface area contributed by atoms with E-state index in [4.69, 9.17) is 10.5 Å². The highest BCUT2D eigenvalue weighted by Gasteiger charge is 2.28. The molecule has 2 N–H and O–H groups in total. The lowest BCUT2D eigenvalue weighted by atomic mass is 9.95. The molecular weight excluding hydrogens is 495 g/mol. The number of primary amides is 1. The fourth-order valence-corrected chi connectivity index (χ4v) is 5.27. The number of rotatable bonds is 8. The van der Waals surface area contributed by atoms with Crippen LogP contribution in [0.3, 0.4) is 0 Å². The number of carbonyl (C=O) groups excluding carboxylic acids is 2. The van der Waals surface area contributed by atoms with Crippen molar-refractivity contribution >= 4 is 11.8 Å². The molecule has 2 amide bonds. The van der Waals surface area contributed by atoms with E-state index in [1.165, 1.54) is 23.1 Å². The summed E-state index contributed by atoms with van der Waals surface area (Å²) in [6.07, 6.45) is 2.70. The van der Waals surface area contributed by atoms with Gasteiger partial charge in [-0.15, -0.1) is 0 Å². The lowest BCUT2D eigenvalue weighted by Crippen LogP contribution is -2.42. The molecule has 2 aliphatic rings. The van der Waals surface area contributed by atoms with Crippen molar-refractivity contribution in [2.75, 3.05) is 39.3 Å². The minimum absolute atomic E-state index is 0.0900. The Kier molecular flexibility index (Phi) is 8.65. The number of hydrogen-bond acceptors (Lipinski definition) is 4. The van der Waals surface area contributed by atoms with Gasteiger partial charge < -0.3 is 20.3 Å². The number of ether oxygens (including phenoxy) is 1. The van der Waals surface area contributed by atoms with Crippen molar-refractivity contribution in [2.45, 2.75) is 45.2 Å². The van der Waals surface area contributed by atoms with Crippen molar-refractivity contribution in [3.8, 4) is 16.9 Å². The Morgan fingerprint density at radius 3 is 2.24 bits per heavy atom. The van der Waals surface area contributed by atoms with Gasteiger partial charge in [-0.25, -0.2) is 13.2 Å². The molecule has 0 spiro atoms. The predicted molar refractivity (Wildman–Crippen MR) is 139 cm³/mol. The minimum Gasteiger partial charge on any atom is -0.493 e. The second-order valence-corrected chi connectivity index (χ2v) is 11.1. The fourth-order valence-electron chi connectivity index (χ4n) is 5.27. The molecule has 0 aromatic heterocycles. The van der Waals surface area contributed by atoms with Gasteiger partial charge in [-0.2, -0.15) is 0 Å². The molecule has 6 nitrogen and oxygen atoms in total. The quantitative estimate of drug-likeness (QED) is 0.531. The van der Waals surface area contributed by atoms with E-state index < -0.39 is 23.2 Å². The molecule has 0 saturated carbocycles. The van der Waals surface area contributed by atoms with Gasteiger partial charge in [0.2, 0.25) is 5.91 Å². The smallest absolute Gasteiger partial charge is 0.256 e. The van der Waals surface area contributed by atoms with E-state index in [9.17, 15) is 22.8 Å². The Morgan fingerprint density at radius 2 is 1.66 bits per heavy atom. The van der Waals surface area contributed by atoms with Gasteiger partial charge in [0.1, 0.15) is 23.1 Å². The first-order valence-electron chi connectivity index (χ1n) is 13.2. The van der Waals surface area contributed by atoms with Crippen LogP contribution in [-0.2, 0) is 4.79 Å². The zero-order chi connectivity index (χ0) is 27.4. The van der Waals surface area contributed by atoms with Gasteiger partial charge in [0.25, 0.3) is 5.91 Å². The lowest BCUT2D eigenvalue weighted by Gasteiger charge is -2.34. The Morgan fingerprint density at radius 1 is 0.974 bits per heavy atom. The maximum Gasteiger partial charge on any atom is 0.256 e. The highest BCUT2D eigenvalue weighted by atomic mass is 19.1. The van der Waals surface area contributed by atoms with Crippen molar-refractivity contribution in [3.05, 3.63) is 53.6 Å². The van der Waals surface area contributed by atoms with Crippen LogP contribution in [0, 0.1) is 23.5 Å². The first-order chi connectivity index (χ1) is 18.0. The third-order valence-corrected chi connectivity index (χ3v) is 7.43. The largest absolute Gasteiger partial charge is 0.493 e. The third kappa shape index (κ3) is 7.07. The minimum atomic E-state index is -1.22. The lowest BCUT2D eigenvalue weighted by molar-refractivity contribution is -0.123. The van der Waals surface area contributed by atoms with Crippen LogP contribution in [-0.4, -0.2) is 66.6 Å². The van der Waals surface area contributed by atoms with Gasteiger partial charge in [0.05, 0.1) is 12.2 Å². The summed E-state index contributed by atoms with van der Waals surface area (Å²) < 4.78 is 49.5. The summed E-state index contributed by atoms with van der Waals surface area (Å²) in [5, 5.41) is 0. The molecule has 0 aliphatic carbocycles. The zero-order valence-electron chi connectivity index (χ0n) is 22.0. The highest BCUT2D eigenvalue weighted by molar-refractivity contribution is 5.95. The average molecular weight is 532 g/mol. The van der Waals surface area contributed by atoms with Crippen LogP contribution in [0.15, 0.2) is 36.4 Å². The van der Waals surface area contributed by atoms with Crippen LogP contribution >= 0.6 is 0 Å². The molecule has 0 radical (unpaired) electrons. The zero-order valence-corrected chi connectivity index (χ0v) is 22.0. The maximum atomic E-state index is 14.9. The molecule has 206 valence electrons. The number of amides is 2. The first kappa shape index (κ1) is 28.0. The van der Waals surface area contributed by atoms with E-state index in [2.05, 4.69) is 4.90 Å². The van der Waals surface area contributed by atoms with E-state index in [0.717, 1.165) is 32.0 Å². The average Bonchev–Trinajstić information content (AvgIpc) is 2.87. The highest BCUT2D eigenvalue weighted by Crippen LogP contribution is 2.29. The van der Waals surface area contributed by atoms with Crippen molar-refractivity contribution in [2.24, 2.45) is 17.6 Å². The third-order valence-electron chi connectivity index (χ3n) is 7.43. The molecule has 4 rings (SSSR count). The number of nitrogens with zero attached hydrogens (tertiary/aromatic N) is 2. The number of halogens is 3. The number of piperidine rings is 2. The standard InChI is InChI=1S/C29H36F3N3O3/c1-29(2,32)18-34-11-7-19(8-12-34)17-38-22-4-6-23(26(31)16-22)21-3-5-24(25(30)15-21)28(37)35-13-9-20(10-14-35)27(33)36/h3-6,15-16,19-20H,7-14,17-18H2,1-2H3,(H2,33,36). The topological polar surface area (TPSA) is 75.9 Å². The molecule has 2 saturated heterocycles. The Hall–Kier alpha value is -3.07. The summed E-state index contributed by atoms with van der Waals surface area (Å²) in [5.74, 6) is -1.68. The molecule has 9 heteroatoms. The van der Waals surface area contributed by atoms with E-state index in [1.807, 2.05) is 0 Å². The van der Waals surface area contributed by atoms with Gasteiger partial charge in [0.15, 0.2) is 0 Å². The fraction of sp³-hybridized carbons (Fsp3) is 0.517. The first-order valence-corrected chi connectivity index (χ1v) is 13.2. The van der Waals surface area contributed by atoms with Gasteiger partial charge >= 0.3 is 0 Å². The molecule has 2 heterocycles. The summed E-state index contributed by atoms with van der Waals surface area (Å²) in [6.45, 7) is 6.32. The predicted octanol–water partition coefficient (Wildman–Crippen LogP) is 4.81. The summed E-state index contributed by atoms with van der Waals surface area (Å²) in [7, 11) is 0. The second kappa shape index (κ2) is 11.8. The van der Waals surface area contributed by atoms with E-state index in [-0.39, 0.29) is 23.0 Å². The number of likely N-dealkylation sites (tertiary alicyclic amines) is 2. The number of alkyl halides is 1. The van der Waals surface area contributed by atoms with Gasteiger partial charge in [0, 0.05) is 37.2 Å². The Labute approximate surface area is 221 Å². The molecule has 0 atom stereocenters. The maximum absolute atomic E-state index is 14.9. The molecule has 38 heavy (non-hydrogen) atoms. The van der Waals surface area contributed by atoms with Crippen LogP contribution in [0.5, 0.6) is 5.75 Å². The van der Waals surface area contributed by atoms with Crippen molar-refractivity contribution in [1.29, 1.82) is 0 Å². The van der Waals surface area contributed by atoms with Crippen molar-refractivity contribution < 1.29 is 27.5 Å². The molecule has 2 aliphatic heterocycles. The number of carbonyl (C=O) groups is 2. The van der Waals surface area contributed by atoms with Crippen molar-refractivity contribution in [3.63, 3.8) is 0 Å². The van der Waals surface area contributed by atoms with Gasteiger partial charge in [-0.05, 0) is 88.4 Å². The molecule has 2 aromatic rings. The van der Waals surface area contributed by atoms with Crippen LogP contribution < -0.4 is 10.5 Å². The second-order valence-electron chi connectivity index (χ2n) is 11.1. The number of nitrogens with two attached hydrogens (primary N) is 1. The van der Waals surface area contributed by atoms with Crippen LogP contribution in [0.25, 0.3) is 11.1 Å². The van der Waals surface area contributed by atoms with Crippen LogP contribution in [0.4, 0.5) is 13.2 Å². The molecule has 0 bridgehead atoms. The van der Waals surface area contributed by atoms with Crippen LogP contribution in [0.1, 0.15) is 49.9 Å². The SMILES string of the molecule is CC(C)(F)CN1CCC(COc2ccc(-c3ccc(C(=O)N4CCC(C(N)=O)CC4)c(F)c3)c(F)c2)CC1. The molecule has 0 unspecified atom stereocenters. The summed E-state index contributed by atoms with van der Waals surface area (Å²) in [5.41, 5.74) is 4.56. The summed E-state index contributed by atoms with van der Waals surface area (Å²) >= 11 is 0. The van der Waals surface area contributed by atoms with Gasteiger partial charge in [-0.1, -0.05) is 6.07 Å². The Bertz CT molecular complexity index is 1150. The normalized spacial score (nSPS) is 18.0. The monoisotopic (exact) mass is 531 g/mol. The molecular formula is C29H36F3N3O3. The summed E-state index contributed by atoms with van der Waals surface area (Å²) in [4.78, 5) is 27.8. The van der Waals surface area contributed by atoms with Crippen LogP contribution in [0.2, 0.25) is 0 Å². The van der Waals surface area contributed by atoms with E-state index in [1.54, 1.807) is 26.0 Å². The molecule has 2 fully saturated rings. The van der Waals surface area contributed by atoms with E-state index >= 15 is 0 Å². The number of hydrogen-bond donors (Lipinski definition) is 1. The van der Waals surface area contributed by atoms with Crippen molar-refractivity contribution in [1.82, 2.24) is 9.80 Å².